The molecule has 5 nitrogen and oxygen atoms in total. The zero-order chi connectivity index (χ0) is 19.3. The number of methoxy groups -OCH3 is 1. The highest BCUT2D eigenvalue weighted by Crippen LogP contribution is 2.36. The number of benzene rings is 1. The Hall–Kier alpha value is -3.21. The molecule has 0 bridgehead atoms. The second-order valence-corrected chi connectivity index (χ2v) is 6.03. The van der Waals surface area contributed by atoms with Crippen LogP contribution in [0.3, 0.4) is 0 Å². The summed E-state index contributed by atoms with van der Waals surface area (Å²) in [5.41, 5.74) is 0.679. The van der Waals surface area contributed by atoms with E-state index < -0.39 is 5.78 Å². The van der Waals surface area contributed by atoms with E-state index in [9.17, 15) is 20.1 Å². The van der Waals surface area contributed by atoms with Gasteiger partial charge >= 0.3 is 0 Å². The van der Waals surface area contributed by atoms with Crippen LogP contribution in [0.25, 0.3) is 5.76 Å². The molecule has 1 aromatic rings. The van der Waals surface area contributed by atoms with Crippen LogP contribution in [0.4, 0.5) is 0 Å². The van der Waals surface area contributed by atoms with Gasteiger partial charge in [0.2, 0.25) is 0 Å². The first-order valence-corrected chi connectivity index (χ1v) is 8.09. The molecule has 0 saturated heterocycles. The van der Waals surface area contributed by atoms with Crippen molar-refractivity contribution in [1.29, 1.82) is 0 Å². The molecule has 1 atom stereocenters. The lowest BCUT2D eigenvalue weighted by Gasteiger charge is -2.13. The number of aliphatic hydroxyl groups is 2. The summed E-state index contributed by atoms with van der Waals surface area (Å²) in [6.07, 6.45) is 10.1. The molecular formula is C21H22O5. The SMILES string of the molecule is C=C(C)C=C(O)c1c(OC)ccc(C(=O)C=CC2C=CC(O)=CC2)c1O. The standard InChI is InChI=1S/C21H22O5/c1-13(2)12-18(24)20-19(26-3)11-9-16(21(20)25)17(23)10-6-14-4-7-15(22)8-5-14/h4,6-12,14,22,24-25H,1,5H2,2-3H3. The van der Waals surface area contributed by atoms with Gasteiger partial charge in [0, 0.05) is 0 Å². The quantitative estimate of drug-likeness (QED) is 0.300. The maximum atomic E-state index is 12.5. The van der Waals surface area contributed by atoms with E-state index in [0.29, 0.717) is 12.0 Å². The van der Waals surface area contributed by atoms with E-state index >= 15 is 0 Å². The van der Waals surface area contributed by atoms with Gasteiger partial charge in [0.1, 0.15) is 28.6 Å². The van der Waals surface area contributed by atoms with Crippen molar-refractivity contribution in [3.63, 3.8) is 0 Å². The summed E-state index contributed by atoms with van der Waals surface area (Å²) in [6.45, 7) is 5.38. The first-order valence-electron chi connectivity index (χ1n) is 8.09. The fourth-order valence-corrected chi connectivity index (χ4v) is 2.56. The molecule has 1 unspecified atom stereocenters. The molecule has 0 spiro atoms. The third kappa shape index (κ3) is 4.45. The summed E-state index contributed by atoms with van der Waals surface area (Å²) >= 11 is 0. The molecular weight excluding hydrogens is 332 g/mol. The summed E-state index contributed by atoms with van der Waals surface area (Å²) in [4.78, 5) is 12.5. The Kier molecular flexibility index (Phi) is 6.07. The van der Waals surface area contributed by atoms with Gasteiger partial charge in [-0.3, -0.25) is 4.79 Å². The van der Waals surface area contributed by atoms with Gasteiger partial charge in [-0.2, -0.15) is 0 Å². The van der Waals surface area contributed by atoms with E-state index in [-0.39, 0.29) is 40.1 Å². The molecule has 0 fully saturated rings. The van der Waals surface area contributed by atoms with Gasteiger partial charge < -0.3 is 20.1 Å². The topological polar surface area (TPSA) is 87.0 Å². The van der Waals surface area contributed by atoms with Crippen molar-refractivity contribution < 1.29 is 24.9 Å². The highest BCUT2D eigenvalue weighted by molar-refractivity contribution is 6.07. The number of carbonyl (C=O) groups is 1. The Labute approximate surface area is 152 Å². The zero-order valence-corrected chi connectivity index (χ0v) is 14.8. The summed E-state index contributed by atoms with van der Waals surface area (Å²) in [7, 11) is 1.41. The van der Waals surface area contributed by atoms with Gasteiger partial charge in [-0.05, 0) is 55.7 Å². The van der Waals surface area contributed by atoms with Gasteiger partial charge in [0.25, 0.3) is 0 Å². The molecule has 2 rings (SSSR count). The number of carbonyl (C=O) groups excluding carboxylic acids is 1. The van der Waals surface area contributed by atoms with Crippen molar-refractivity contribution in [2.75, 3.05) is 7.11 Å². The minimum absolute atomic E-state index is 0.00794. The van der Waals surface area contributed by atoms with Crippen molar-refractivity contribution in [3.8, 4) is 11.5 Å². The highest BCUT2D eigenvalue weighted by Gasteiger charge is 2.20. The van der Waals surface area contributed by atoms with Crippen molar-refractivity contribution in [1.82, 2.24) is 0 Å². The minimum atomic E-state index is -0.401. The van der Waals surface area contributed by atoms with Crippen LogP contribution >= 0.6 is 0 Å². The van der Waals surface area contributed by atoms with E-state index in [1.165, 1.54) is 31.4 Å². The fourth-order valence-electron chi connectivity index (χ4n) is 2.56. The molecule has 1 aromatic carbocycles. The molecule has 136 valence electrons. The number of ether oxygens (including phenoxy) is 1. The monoisotopic (exact) mass is 354 g/mol. The van der Waals surface area contributed by atoms with Crippen LogP contribution in [0.1, 0.15) is 29.3 Å². The summed E-state index contributed by atoms with van der Waals surface area (Å²) in [6, 6.07) is 2.96. The Morgan fingerprint density at radius 2 is 2.08 bits per heavy atom. The lowest BCUT2D eigenvalue weighted by molar-refractivity contribution is 0.104. The first kappa shape index (κ1) is 19.1. The molecule has 1 aliphatic carbocycles. The summed E-state index contributed by atoms with van der Waals surface area (Å²) < 4.78 is 5.17. The largest absolute Gasteiger partial charge is 0.508 e. The third-order valence-electron chi connectivity index (χ3n) is 3.87. The summed E-state index contributed by atoms with van der Waals surface area (Å²) in [5.74, 6) is -0.549. The second kappa shape index (κ2) is 8.25. The van der Waals surface area contributed by atoms with E-state index in [1.54, 1.807) is 31.2 Å². The number of aromatic hydroxyl groups is 1. The van der Waals surface area contributed by atoms with Crippen molar-refractivity contribution >= 4 is 11.5 Å². The van der Waals surface area contributed by atoms with Crippen molar-refractivity contribution in [2.45, 2.75) is 13.3 Å². The van der Waals surface area contributed by atoms with E-state index in [0.717, 1.165) is 0 Å². The van der Waals surface area contributed by atoms with Crippen molar-refractivity contribution in [2.24, 2.45) is 5.92 Å². The Morgan fingerprint density at radius 1 is 1.35 bits per heavy atom. The molecule has 5 heteroatoms. The van der Waals surface area contributed by atoms with Gasteiger partial charge in [-0.15, -0.1) is 0 Å². The minimum Gasteiger partial charge on any atom is -0.508 e. The van der Waals surface area contributed by atoms with E-state index in [2.05, 4.69) is 6.58 Å². The van der Waals surface area contributed by atoms with Crippen LogP contribution < -0.4 is 4.74 Å². The van der Waals surface area contributed by atoms with E-state index in [1.807, 2.05) is 0 Å². The number of ketones is 1. The number of phenols is 1. The second-order valence-electron chi connectivity index (χ2n) is 6.03. The molecule has 0 radical (unpaired) electrons. The number of hydrogen-bond donors (Lipinski definition) is 3. The molecule has 1 aliphatic rings. The smallest absolute Gasteiger partial charge is 0.189 e. The van der Waals surface area contributed by atoms with Crippen LogP contribution in [0, 0.1) is 5.92 Å². The van der Waals surface area contributed by atoms with Gasteiger partial charge in [-0.25, -0.2) is 0 Å². The third-order valence-corrected chi connectivity index (χ3v) is 3.87. The predicted molar refractivity (Wildman–Crippen MR) is 102 cm³/mol. The average Bonchev–Trinajstić information content (AvgIpc) is 2.59. The maximum Gasteiger partial charge on any atom is 0.189 e. The lowest BCUT2D eigenvalue weighted by Crippen LogP contribution is -2.02. The van der Waals surface area contributed by atoms with Crippen LogP contribution in [0.2, 0.25) is 0 Å². The van der Waals surface area contributed by atoms with Gasteiger partial charge in [0.05, 0.1) is 12.7 Å². The van der Waals surface area contributed by atoms with Crippen LogP contribution in [-0.4, -0.2) is 28.2 Å². The number of hydrogen-bond acceptors (Lipinski definition) is 5. The first-order chi connectivity index (χ1) is 12.3. The van der Waals surface area contributed by atoms with Crippen LogP contribution in [-0.2, 0) is 0 Å². The Balaban J connectivity index is 2.33. The highest BCUT2D eigenvalue weighted by atomic mass is 16.5. The number of aliphatic hydroxyl groups excluding tert-OH is 2. The Morgan fingerprint density at radius 3 is 2.65 bits per heavy atom. The summed E-state index contributed by atoms with van der Waals surface area (Å²) in [5, 5.41) is 30.1. The lowest BCUT2D eigenvalue weighted by atomic mass is 9.97. The molecule has 0 aromatic heterocycles. The fraction of sp³-hybridized carbons (Fsp3) is 0.190. The zero-order valence-electron chi connectivity index (χ0n) is 14.8. The molecule has 0 saturated carbocycles. The molecule has 0 aliphatic heterocycles. The number of phenolic OH excluding ortho intramolecular Hbond substituents is 1. The average molecular weight is 354 g/mol. The van der Waals surface area contributed by atoms with Crippen molar-refractivity contribution in [3.05, 3.63) is 77.6 Å². The predicted octanol–water partition coefficient (Wildman–Crippen LogP) is 4.63. The molecule has 0 amide bonds. The van der Waals surface area contributed by atoms with Crippen LogP contribution in [0.15, 0.2) is 66.5 Å². The Bertz CT molecular complexity index is 840. The van der Waals surface area contributed by atoms with Gasteiger partial charge in [0.15, 0.2) is 5.78 Å². The van der Waals surface area contributed by atoms with Crippen LogP contribution in [0.5, 0.6) is 11.5 Å². The van der Waals surface area contributed by atoms with Gasteiger partial charge in [-0.1, -0.05) is 24.3 Å². The molecule has 3 N–H and O–H groups in total. The molecule has 26 heavy (non-hydrogen) atoms. The maximum absolute atomic E-state index is 12.5. The normalized spacial score (nSPS) is 17.2. The number of rotatable bonds is 6. The number of allylic oxidation sites excluding steroid dienone is 7. The molecule has 0 heterocycles. The van der Waals surface area contributed by atoms with E-state index in [4.69, 9.17) is 4.74 Å².